The van der Waals surface area contributed by atoms with Crippen molar-refractivity contribution in [3.05, 3.63) is 20.4 Å². The lowest BCUT2D eigenvalue weighted by Gasteiger charge is -2.36. The van der Waals surface area contributed by atoms with Gasteiger partial charge in [-0.1, -0.05) is 0 Å². The Morgan fingerprint density at radius 2 is 1.84 bits per heavy atom. The van der Waals surface area contributed by atoms with Crippen LogP contribution in [0.4, 0.5) is 11.4 Å². The number of nitrogens with zero attached hydrogens (tertiary/aromatic N) is 2. The summed E-state index contributed by atoms with van der Waals surface area (Å²) < 4.78 is 0. The smallest absolute Gasteiger partial charge is 0.253 e. The number of aliphatic hydroxyl groups excluding tert-OH is 1. The maximum Gasteiger partial charge on any atom is 0.253 e. The lowest BCUT2D eigenvalue weighted by atomic mass is 10.1. The molecule has 1 aromatic rings. The fourth-order valence-corrected chi connectivity index (χ4v) is 2.27. The van der Waals surface area contributed by atoms with E-state index in [1.54, 1.807) is 4.90 Å². The number of aliphatic hydroxyl groups is 1. The molecule has 0 radical (unpaired) electrons. The molecule has 2 rings (SSSR count). The molecular formula is C12H17N3O4. The number of piperazine rings is 1. The number of carbonyl (C=O) groups excluding carboxylic acids is 1. The number of anilines is 2. The zero-order valence-corrected chi connectivity index (χ0v) is 10.8. The molecule has 0 unspecified atom stereocenters. The van der Waals surface area contributed by atoms with Gasteiger partial charge in [0.1, 0.15) is 11.4 Å². The molecule has 1 saturated heterocycles. The van der Waals surface area contributed by atoms with Gasteiger partial charge in [-0.3, -0.25) is 14.4 Å². The monoisotopic (exact) mass is 267 g/mol. The summed E-state index contributed by atoms with van der Waals surface area (Å²) in [7, 11) is 0. The average molecular weight is 267 g/mol. The third kappa shape index (κ3) is 2.46. The molecule has 1 fully saturated rings. The van der Waals surface area contributed by atoms with E-state index in [1.165, 1.54) is 6.92 Å². The van der Waals surface area contributed by atoms with Gasteiger partial charge in [-0.25, -0.2) is 0 Å². The molecule has 0 aliphatic carbocycles. The minimum absolute atomic E-state index is 0.0169. The van der Waals surface area contributed by atoms with E-state index in [2.05, 4.69) is 5.32 Å². The molecule has 7 nitrogen and oxygen atoms in total. The highest BCUT2D eigenvalue weighted by Gasteiger charge is 2.28. The zero-order chi connectivity index (χ0) is 14.0. The number of hydrogen-bond donors (Lipinski definition) is 2. The van der Waals surface area contributed by atoms with Crippen LogP contribution in [0.1, 0.15) is 6.92 Å². The number of carbonyl (C=O) groups is 1. The lowest BCUT2D eigenvalue weighted by molar-refractivity contribution is -0.129. The quantitative estimate of drug-likeness (QED) is 0.636. The first-order valence-electron chi connectivity index (χ1n) is 6.24. The first kappa shape index (κ1) is 13.5. The van der Waals surface area contributed by atoms with E-state index in [1.807, 2.05) is 4.90 Å². The van der Waals surface area contributed by atoms with Crippen molar-refractivity contribution in [2.24, 2.45) is 0 Å². The second kappa shape index (κ2) is 5.40. The molecule has 104 valence electrons. The molecule has 1 heterocycles. The minimum atomic E-state index is -0.530. The maximum atomic E-state index is 11.6. The van der Waals surface area contributed by atoms with Crippen molar-refractivity contribution in [3.8, 4) is 0 Å². The Bertz CT molecular complexity index is 539. The van der Waals surface area contributed by atoms with Crippen LogP contribution < -0.4 is 21.1 Å². The first-order chi connectivity index (χ1) is 9.06. The zero-order valence-electron chi connectivity index (χ0n) is 10.8. The van der Waals surface area contributed by atoms with Crippen LogP contribution in [0, 0.1) is 0 Å². The number of hydrogen-bond acceptors (Lipinski definition) is 6. The number of amides is 1. The molecule has 0 bridgehead atoms. The molecule has 1 aliphatic rings. The van der Waals surface area contributed by atoms with Crippen LogP contribution >= 0.6 is 0 Å². The van der Waals surface area contributed by atoms with Crippen LogP contribution in [0.3, 0.4) is 0 Å². The second-order valence-corrected chi connectivity index (χ2v) is 4.53. The van der Waals surface area contributed by atoms with Crippen molar-refractivity contribution in [3.63, 3.8) is 0 Å². The molecule has 19 heavy (non-hydrogen) atoms. The predicted molar refractivity (Wildman–Crippen MR) is 71.4 cm³/mol. The van der Waals surface area contributed by atoms with Gasteiger partial charge >= 0.3 is 0 Å². The Balaban J connectivity index is 2.08. The van der Waals surface area contributed by atoms with Gasteiger partial charge in [0.2, 0.25) is 5.91 Å². The normalized spacial score (nSPS) is 15.9. The van der Waals surface area contributed by atoms with Gasteiger partial charge in [-0.05, 0) is 0 Å². The van der Waals surface area contributed by atoms with Crippen LogP contribution in [-0.2, 0) is 4.79 Å². The Labute approximate surface area is 110 Å². The van der Waals surface area contributed by atoms with Gasteiger partial charge < -0.3 is 20.2 Å². The largest absolute Gasteiger partial charge is 0.395 e. The molecule has 2 N–H and O–H groups in total. The SMILES string of the molecule is CC(=O)N1CCN(c2c(NCCO)c(=O)c2=O)CC1. The third-order valence-electron chi connectivity index (χ3n) is 3.34. The van der Waals surface area contributed by atoms with E-state index in [-0.39, 0.29) is 24.7 Å². The van der Waals surface area contributed by atoms with E-state index in [0.717, 1.165) is 0 Å². The maximum absolute atomic E-state index is 11.6. The van der Waals surface area contributed by atoms with Crippen molar-refractivity contribution in [1.82, 2.24) is 4.90 Å². The fourth-order valence-electron chi connectivity index (χ4n) is 2.27. The molecule has 0 saturated carbocycles. The van der Waals surface area contributed by atoms with Gasteiger partial charge in [0.15, 0.2) is 0 Å². The van der Waals surface area contributed by atoms with Crippen molar-refractivity contribution in [2.75, 3.05) is 49.5 Å². The molecule has 1 aromatic carbocycles. The average Bonchev–Trinajstić information content (AvgIpc) is 2.42. The molecule has 0 aromatic heterocycles. The van der Waals surface area contributed by atoms with Crippen molar-refractivity contribution in [1.29, 1.82) is 0 Å². The number of nitrogens with one attached hydrogen (secondary N) is 1. The highest BCUT2D eigenvalue weighted by Crippen LogP contribution is 2.21. The van der Waals surface area contributed by atoms with Crippen LogP contribution in [0.2, 0.25) is 0 Å². The number of rotatable bonds is 4. The summed E-state index contributed by atoms with van der Waals surface area (Å²) in [4.78, 5) is 37.8. The fraction of sp³-hybridized carbons (Fsp3) is 0.583. The van der Waals surface area contributed by atoms with Gasteiger partial charge in [0.25, 0.3) is 10.9 Å². The Morgan fingerprint density at radius 3 is 2.37 bits per heavy atom. The van der Waals surface area contributed by atoms with Crippen molar-refractivity contribution < 1.29 is 9.90 Å². The lowest BCUT2D eigenvalue weighted by Crippen LogP contribution is -2.52. The van der Waals surface area contributed by atoms with E-state index in [4.69, 9.17) is 5.11 Å². The first-order valence-corrected chi connectivity index (χ1v) is 6.24. The van der Waals surface area contributed by atoms with Crippen molar-refractivity contribution in [2.45, 2.75) is 6.92 Å². The molecule has 0 atom stereocenters. The van der Waals surface area contributed by atoms with E-state index in [0.29, 0.717) is 31.9 Å². The molecule has 7 heteroatoms. The molecular weight excluding hydrogens is 250 g/mol. The molecule has 1 aliphatic heterocycles. The van der Waals surface area contributed by atoms with Crippen LogP contribution in [0.15, 0.2) is 9.59 Å². The highest BCUT2D eigenvalue weighted by atomic mass is 16.3. The summed E-state index contributed by atoms with van der Waals surface area (Å²) in [6.45, 7) is 3.83. The van der Waals surface area contributed by atoms with Crippen LogP contribution in [-0.4, -0.2) is 55.2 Å². The van der Waals surface area contributed by atoms with Gasteiger partial charge in [-0.15, -0.1) is 0 Å². The summed E-state index contributed by atoms with van der Waals surface area (Å²) in [6.07, 6.45) is 0. The standard InChI is InChI=1S/C12H17N3O4/c1-8(17)14-3-5-15(6-4-14)10-9(13-2-7-16)11(18)12(10)19/h13,16H,2-7H2,1H3. The summed E-state index contributed by atoms with van der Waals surface area (Å²) in [5, 5.41) is 11.5. The van der Waals surface area contributed by atoms with E-state index < -0.39 is 10.9 Å². The minimum Gasteiger partial charge on any atom is -0.395 e. The topological polar surface area (TPSA) is 89.9 Å². The van der Waals surface area contributed by atoms with Gasteiger partial charge in [0.05, 0.1) is 6.61 Å². The summed E-state index contributed by atoms with van der Waals surface area (Å²) >= 11 is 0. The predicted octanol–water partition coefficient (Wildman–Crippen LogP) is -1.64. The Hall–Kier alpha value is -1.89. The summed E-state index contributed by atoms with van der Waals surface area (Å²) in [6, 6.07) is 0. The summed E-state index contributed by atoms with van der Waals surface area (Å²) in [5.41, 5.74) is -0.342. The van der Waals surface area contributed by atoms with Gasteiger partial charge in [-0.2, -0.15) is 0 Å². The van der Waals surface area contributed by atoms with E-state index >= 15 is 0 Å². The van der Waals surface area contributed by atoms with Crippen LogP contribution in [0.25, 0.3) is 0 Å². The Kier molecular flexibility index (Phi) is 3.84. The van der Waals surface area contributed by atoms with E-state index in [9.17, 15) is 14.4 Å². The summed E-state index contributed by atoms with van der Waals surface area (Å²) in [5.74, 6) is 0.0169. The second-order valence-electron chi connectivity index (χ2n) is 4.53. The van der Waals surface area contributed by atoms with Gasteiger partial charge in [0, 0.05) is 39.6 Å². The molecule has 1 amide bonds. The Morgan fingerprint density at radius 1 is 1.21 bits per heavy atom. The van der Waals surface area contributed by atoms with Crippen LogP contribution in [0.5, 0.6) is 0 Å². The van der Waals surface area contributed by atoms with Crippen molar-refractivity contribution >= 4 is 17.3 Å². The highest BCUT2D eigenvalue weighted by molar-refractivity contribution is 5.76. The molecule has 0 spiro atoms. The third-order valence-corrected chi connectivity index (χ3v) is 3.34.